The molecule has 1 aromatic carbocycles. The molecule has 0 aliphatic heterocycles. The van der Waals surface area contributed by atoms with Crippen LogP contribution in [0.1, 0.15) is 62.0 Å². The Morgan fingerprint density at radius 2 is 1.89 bits per heavy atom. The SMILES string of the molecule is BrCC(=Cc1cccc(C2CC2)c1)C1CCCCC1. The van der Waals surface area contributed by atoms with Gasteiger partial charge in [-0.2, -0.15) is 0 Å². The Labute approximate surface area is 125 Å². The van der Waals surface area contributed by atoms with Crippen LogP contribution in [-0.4, -0.2) is 5.33 Å². The van der Waals surface area contributed by atoms with Gasteiger partial charge in [-0.3, -0.25) is 0 Å². The summed E-state index contributed by atoms with van der Waals surface area (Å²) < 4.78 is 0. The van der Waals surface area contributed by atoms with Crippen molar-refractivity contribution in [3.63, 3.8) is 0 Å². The van der Waals surface area contributed by atoms with E-state index in [0.717, 1.165) is 17.2 Å². The summed E-state index contributed by atoms with van der Waals surface area (Å²) in [5.41, 5.74) is 4.56. The summed E-state index contributed by atoms with van der Waals surface area (Å²) in [5.74, 6) is 1.67. The minimum Gasteiger partial charge on any atom is -0.0880 e. The highest BCUT2D eigenvalue weighted by molar-refractivity contribution is 9.09. The molecule has 0 aromatic heterocycles. The van der Waals surface area contributed by atoms with Gasteiger partial charge in [0.1, 0.15) is 0 Å². The summed E-state index contributed by atoms with van der Waals surface area (Å²) in [5, 5.41) is 1.03. The Balaban J connectivity index is 1.78. The van der Waals surface area contributed by atoms with E-state index in [-0.39, 0.29) is 0 Å². The van der Waals surface area contributed by atoms with Crippen molar-refractivity contribution >= 4 is 22.0 Å². The van der Waals surface area contributed by atoms with Gasteiger partial charge in [0.05, 0.1) is 0 Å². The number of allylic oxidation sites excluding steroid dienone is 1. The van der Waals surface area contributed by atoms with Gasteiger partial charge in [0, 0.05) is 5.33 Å². The lowest BCUT2D eigenvalue weighted by molar-refractivity contribution is 0.405. The predicted molar refractivity (Wildman–Crippen MR) is 86.8 cm³/mol. The summed E-state index contributed by atoms with van der Waals surface area (Å²) in [6.45, 7) is 0. The highest BCUT2D eigenvalue weighted by atomic mass is 79.9. The number of alkyl halides is 1. The fourth-order valence-electron chi connectivity index (χ4n) is 3.27. The van der Waals surface area contributed by atoms with Gasteiger partial charge < -0.3 is 0 Å². The molecule has 0 spiro atoms. The molecule has 0 nitrogen and oxygen atoms in total. The van der Waals surface area contributed by atoms with Crippen molar-refractivity contribution in [1.29, 1.82) is 0 Å². The van der Waals surface area contributed by atoms with Crippen LogP contribution in [0.3, 0.4) is 0 Å². The second-order valence-corrected chi connectivity index (χ2v) is 6.69. The smallest absolute Gasteiger partial charge is 0.0247 e. The van der Waals surface area contributed by atoms with Gasteiger partial charge in [-0.05, 0) is 48.6 Å². The summed E-state index contributed by atoms with van der Waals surface area (Å²) in [6.07, 6.45) is 12.3. The Bertz CT molecular complexity index is 451. The normalized spacial score (nSPS) is 21.6. The number of hydrogen-bond acceptors (Lipinski definition) is 0. The highest BCUT2D eigenvalue weighted by Crippen LogP contribution is 2.40. The molecule has 2 saturated carbocycles. The molecule has 0 radical (unpaired) electrons. The molecule has 0 atom stereocenters. The zero-order chi connectivity index (χ0) is 13.1. The second-order valence-electron chi connectivity index (χ2n) is 6.13. The molecule has 0 heterocycles. The molecule has 3 rings (SSSR count). The number of benzene rings is 1. The fourth-order valence-corrected chi connectivity index (χ4v) is 3.89. The molecule has 0 N–H and O–H groups in total. The zero-order valence-corrected chi connectivity index (χ0v) is 13.2. The van der Waals surface area contributed by atoms with E-state index in [0.29, 0.717) is 0 Å². The Morgan fingerprint density at radius 3 is 2.58 bits per heavy atom. The maximum atomic E-state index is 3.70. The van der Waals surface area contributed by atoms with Gasteiger partial charge in [0.2, 0.25) is 0 Å². The lowest BCUT2D eigenvalue weighted by Crippen LogP contribution is -2.10. The summed E-state index contributed by atoms with van der Waals surface area (Å²) in [6, 6.07) is 9.19. The molecule has 2 fully saturated rings. The van der Waals surface area contributed by atoms with E-state index in [1.165, 1.54) is 50.5 Å². The Kier molecular flexibility index (Phi) is 4.42. The third-order valence-corrected chi connectivity index (χ3v) is 5.24. The molecule has 1 aromatic rings. The molecule has 0 unspecified atom stereocenters. The third-order valence-electron chi connectivity index (χ3n) is 4.60. The molecule has 2 aliphatic rings. The largest absolute Gasteiger partial charge is 0.0880 e. The fraction of sp³-hybridized carbons (Fsp3) is 0.556. The van der Waals surface area contributed by atoms with E-state index in [1.54, 1.807) is 11.1 Å². The van der Waals surface area contributed by atoms with E-state index in [1.807, 2.05) is 0 Å². The molecule has 0 saturated heterocycles. The van der Waals surface area contributed by atoms with Crippen LogP contribution in [0.2, 0.25) is 0 Å². The Hall–Kier alpha value is -0.560. The van der Waals surface area contributed by atoms with Gasteiger partial charge in [-0.25, -0.2) is 0 Å². The van der Waals surface area contributed by atoms with E-state index in [4.69, 9.17) is 0 Å². The lowest BCUT2D eigenvalue weighted by Gasteiger charge is -2.23. The molecule has 19 heavy (non-hydrogen) atoms. The van der Waals surface area contributed by atoms with Gasteiger partial charge in [0.25, 0.3) is 0 Å². The maximum Gasteiger partial charge on any atom is 0.0247 e. The van der Waals surface area contributed by atoms with E-state index in [2.05, 4.69) is 46.3 Å². The first-order chi connectivity index (χ1) is 9.36. The highest BCUT2D eigenvalue weighted by Gasteiger charge is 2.23. The van der Waals surface area contributed by atoms with E-state index in [9.17, 15) is 0 Å². The zero-order valence-electron chi connectivity index (χ0n) is 11.6. The third kappa shape index (κ3) is 3.51. The lowest BCUT2D eigenvalue weighted by atomic mass is 9.83. The summed E-state index contributed by atoms with van der Waals surface area (Å²) in [7, 11) is 0. The second kappa shape index (κ2) is 6.26. The van der Waals surface area contributed by atoms with Crippen LogP contribution in [0, 0.1) is 5.92 Å². The molecule has 102 valence electrons. The van der Waals surface area contributed by atoms with Crippen molar-refractivity contribution in [2.45, 2.75) is 50.9 Å². The van der Waals surface area contributed by atoms with Crippen LogP contribution in [0.5, 0.6) is 0 Å². The first-order valence-corrected chi connectivity index (χ1v) is 8.85. The molecule has 2 aliphatic carbocycles. The van der Waals surface area contributed by atoms with Gasteiger partial charge in [0.15, 0.2) is 0 Å². The molecule has 1 heteroatoms. The van der Waals surface area contributed by atoms with Crippen molar-refractivity contribution in [3.05, 3.63) is 41.0 Å². The molecule has 0 amide bonds. The summed E-state index contributed by atoms with van der Waals surface area (Å²) in [4.78, 5) is 0. The Morgan fingerprint density at radius 1 is 1.11 bits per heavy atom. The van der Waals surface area contributed by atoms with Crippen LogP contribution < -0.4 is 0 Å². The average Bonchev–Trinajstić information content (AvgIpc) is 3.31. The van der Waals surface area contributed by atoms with Crippen LogP contribution >= 0.6 is 15.9 Å². The topological polar surface area (TPSA) is 0 Å². The minimum absolute atomic E-state index is 0.817. The first kappa shape index (κ1) is 13.4. The van der Waals surface area contributed by atoms with Crippen molar-refractivity contribution < 1.29 is 0 Å². The van der Waals surface area contributed by atoms with Crippen LogP contribution in [-0.2, 0) is 0 Å². The van der Waals surface area contributed by atoms with Crippen molar-refractivity contribution in [3.8, 4) is 0 Å². The summed E-state index contributed by atoms with van der Waals surface area (Å²) >= 11 is 3.70. The van der Waals surface area contributed by atoms with E-state index >= 15 is 0 Å². The van der Waals surface area contributed by atoms with Gasteiger partial charge in [-0.15, -0.1) is 0 Å². The molecular formula is C18H23Br. The quantitative estimate of drug-likeness (QED) is 0.604. The predicted octanol–water partition coefficient (Wildman–Crippen LogP) is 5.92. The van der Waals surface area contributed by atoms with Crippen LogP contribution in [0.15, 0.2) is 29.8 Å². The standard InChI is InChI=1S/C18H23Br/c19-13-18(15-6-2-1-3-7-15)12-14-5-4-8-17(11-14)16-9-10-16/h4-5,8,11-12,15-16H,1-3,6-7,9-10,13H2. The van der Waals surface area contributed by atoms with E-state index < -0.39 is 0 Å². The first-order valence-electron chi connectivity index (χ1n) is 7.73. The van der Waals surface area contributed by atoms with Crippen LogP contribution in [0.25, 0.3) is 6.08 Å². The number of halogens is 1. The maximum absolute atomic E-state index is 3.70. The monoisotopic (exact) mass is 318 g/mol. The van der Waals surface area contributed by atoms with Crippen molar-refractivity contribution in [1.82, 2.24) is 0 Å². The number of rotatable bonds is 4. The average molecular weight is 319 g/mol. The molecule has 0 bridgehead atoms. The van der Waals surface area contributed by atoms with Gasteiger partial charge >= 0.3 is 0 Å². The van der Waals surface area contributed by atoms with Crippen LogP contribution in [0.4, 0.5) is 0 Å². The number of hydrogen-bond donors (Lipinski definition) is 0. The molecular weight excluding hydrogens is 296 g/mol. The van der Waals surface area contributed by atoms with Gasteiger partial charge in [-0.1, -0.05) is 71.1 Å². The minimum atomic E-state index is 0.817. The van der Waals surface area contributed by atoms with Crippen molar-refractivity contribution in [2.24, 2.45) is 5.92 Å². The van der Waals surface area contributed by atoms with Crippen molar-refractivity contribution in [2.75, 3.05) is 5.33 Å².